The third kappa shape index (κ3) is 2.42. The fraction of sp³-hybridized carbons (Fsp3) is 0.714. The third-order valence-corrected chi connectivity index (χ3v) is 3.55. The maximum atomic E-state index is 6.04. The number of hydrogen-bond donors (Lipinski definition) is 1. The van der Waals surface area contributed by atoms with E-state index in [1.807, 2.05) is 6.92 Å². The quantitative estimate of drug-likeness (QED) is 0.829. The zero-order valence-electron chi connectivity index (χ0n) is 12.1. The molecule has 2 N–H and O–H groups in total. The second-order valence-corrected chi connectivity index (χ2v) is 6.47. The highest BCUT2D eigenvalue weighted by atomic mass is 15.2. The first-order chi connectivity index (χ1) is 8.29. The van der Waals surface area contributed by atoms with E-state index in [1.165, 1.54) is 6.42 Å². The van der Waals surface area contributed by atoms with Crippen molar-refractivity contribution in [2.24, 2.45) is 5.92 Å². The van der Waals surface area contributed by atoms with Crippen LogP contribution in [0.15, 0.2) is 0 Å². The Labute approximate surface area is 110 Å². The van der Waals surface area contributed by atoms with Crippen molar-refractivity contribution >= 4 is 11.6 Å². The molecule has 1 aliphatic heterocycles. The number of anilines is 2. The van der Waals surface area contributed by atoms with Gasteiger partial charge in [0.15, 0.2) is 0 Å². The van der Waals surface area contributed by atoms with Crippen molar-refractivity contribution in [3.8, 4) is 0 Å². The first kappa shape index (κ1) is 13.1. The summed E-state index contributed by atoms with van der Waals surface area (Å²) in [7, 11) is 0. The lowest BCUT2D eigenvalue weighted by Gasteiger charge is -2.24. The van der Waals surface area contributed by atoms with E-state index in [-0.39, 0.29) is 5.41 Å². The zero-order valence-corrected chi connectivity index (χ0v) is 12.1. The van der Waals surface area contributed by atoms with E-state index in [1.54, 1.807) is 0 Å². The van der Waals surface area contributed by atoms with Gasteiger partial charge in [-0.1, -0.05) is 27.7 Å². The Kier molecular flexibility index (Phi) is 3.21. The number of aromatic nitrogens is 2. The van der Waals surface area contributed by atoms with E-state index < -0.39 is 0 Å². The van der Waals surface area contributed by atoms with Gasteiger partial charge in [-0.25, -0.2) is 9.97 Å². The Balaban J connectivity index is 2.43. The lowest BCUT2D eigenvalue weighted by atomic mass is 9.95. The van der Waals surface area contributed by atoms with Gasteiger partial charge in [0.05, 0.1) is 0 Å². The fourth-order valence-corrected chi connectivity index (χ4v) is 2.29. The minimum atomic E-state index is -0.0675. The van der Waals surface area contributed by atoms with Crippen LogP contribution in [0.5, 0.6) is 0 Å². The van der Waals surface area contributed by atoms with Gasteiger partial charge in [-0.15, -0.1) is 0 Å². The number of nitrogen functional groups attached to an aromatic ring is 1. The van der Waals surface area contributed by atoms with Gasteiger partial charge in [0.1, 0.15) is 17.5 Å². The van der Waals surface area contributed by atoms with Gasteiger partial charge in [-0.2, -0.15) is 0 Å². The molecule has 0 bridgehead atoms. The first-order valence-electron chi connectivity index (χ1n) is 6.68. The van der Waals surface area contributed by atoms with Crippen molar-refractivity contribution in [2.75, 3.05) is 23.7 Å². The maximum Gasteiger partial charge on any atom is 0.138 e. The summed E-state index contributed by atoms with van der Waals surface area (Å²) < 4.78 is 0. The number of nitrogens with two attached hydrogens (primary N) is 1. The lowest BCUT2D eigenvalue weighted by Crippen LogP contribution is -2.25. The van der Waals surface area contributed by atoms with Crippen molar-refractivity contribution in [3.63, 3.8) is 0 Å². The van der Waals surface area contributed by atoms with Crippen molar-refractivity contribution in [1.82, 2.24) is 9.97 Å². The van der Waals surface area contributed by atoms with E-state index in [9.17, 15) is 0 Å². The van der Waals surface area contributed by atoms with E-state index >= 15 is 0 Å². The molecule has 0 radical (unpaired) electrons. The molecule has 4 nitrogen and oxygen atoms in total. The highest BCUT2D eigenvalue weighted by Gasteiger charge is 2.26. The normalized spacial score (nSPS) is 20.5. The van der Waals surface area contributed by atoms with Crippen molar-refractivity contribution < 1.29 is 0 Å². The van der Waals surface area contributed by atoms with E-state index in [0.29, 0.717) is 5.82 Å². The van der Waals surface area contributed by atoms with Crippen LogP contribution in [0.2, 0.25) is 0 Å². The molecule has 1 saturated heterocycles. The molecule has 1 aromatic rings. The van der Waals surface area contributed by atoms with Crippen LogP contribution in [0, 0.1) is 12.8 Å². The summed E-state index contributed by atoms with van der Waals surface area (Å²) in [5, 5.41) is 0. The molecule has 1 atom stereocenters. The molecule has 0 amide bonds. The summed E-state index contributed by atoms with van der Waals surface area (Å²) in [4.78, 5) is 11.5. The van der Waals surface area contributed by atoms with E-state index in [4.69, 9.17) is 10.7 Å². The fourth-order valence-electron chi connectivity index (χ4n) is 2.29. The minimum absolute atomic E-state index is 0.0675. The summed E-state index contributed by atoms with van der Waals surface area (Å²) in [6.45, 7) is 12.8. The van der Waals surface area contributed by atoms with Crippen molar-refractivity contribution in [1.29, 1.82) is 0 Å². The summed E-state index contributed by atoms with van der Waals surface area (Å²) >= 11 is 0. The highest BCUT2D eigenvalue weighted by Crippen LogP contribution is 2.30. The molecule has 0 aromatic carbocycles. The van der Waals surface area contributed by atoms with Crippen LogP contribution in [0.4, 0.5) is 11.6 Å². The van der Waals surface area contributed by atoms with Gasteiger partial charge in [0, 0.05) is 24.1 Å². The topological polar surface area (TPSA) is 55.0 Å². The Morgan fingerprint density at radius 3 is 2.44 bits per heavy atom. The molecule has 4 heteroatoms. The Hall–Kier alpha value is -1.32. The molecular weight excluding hydrogens is 224 g/mol. The minimum Gasteiger partial charge on any atom is -0.383 e. The molecular formula is C14H24N4. The van der Waals surface area contributed by atoms with Gasteiger partial charge >= 0.3 is 0 Å². The number of rotatable bonds is 1. The van der Waals surface area contributed by atoms with Gasteiger partial charge in [0.25, 0.3) is 0 Å². The highest BCUT2D eigenvalue weighted by molar-refractivity contribution is 5.57. The van der Waals surface area contributed by atoms with Crippen LogP contribution in [-0.4, -0.2) is 23.1 Å². The van der Waals surface area contributed by atoms with Gasteiger partial charge in [-0.05, 0) is 19.3 Å². The molecule has 1 unspecified atom stereocenters. The number of hydrogen-bond acceptors (Lipinski definition) is 4. The van der Waals surface area contributed by atoms with Gasteiger partial charge < -0.3 is 10.6 Å². The predicted molar refractivity (Wildman–Crippen MR) is 75.9 cm³/mol. The van der Waals surface area contributed by atoms with Crippen LogP contribution < -0.4 is 10.6 Å². The zero-order chi connectivity index (χ0) is 13.5. The monoisotopic (exact) mass is 248 g/mol. The average molecular weight is 248 g/mol. The molecule has 1 aromatic heterocycles. The van der Waals surface area contributed by atoms with E-state index in [2.05, 4.69) is 37.6 Å². The van der Waals surface area contributed by atoms with E-state index in [0.717, 1.165) is 36.2 Å². The molecule has 0 spiro atoms. The van der Waals surface area contributed by atoms with Crippen LogP contribution in [0.25, 0.3) is 0 Å². The SMILES string of the molecule is Cc1c(N)nc(C(C)(C)C)nc1N1CCC(C)C1. The molecule has 18 heavy (non-hydrogen) atoms. The summed E-state index contributed by atoms with van der Waals surface area (Å²) in [5.41, 5.74) is 6.99. The molecule has 100 valence electrons. The second kappa shape index (κ2) is 4.41. The summed E-state index contributed by atoms with van der Waals surface area (Å²) in [6.07, 6.45) is 1.23. The largest absolute Gasteiger partial charge is 0.383 e. The Bertz CT molecular complexity index is 448. The predicted octanol–water partition coefficient (Wildman–Crippen LogP) is 2.51. The average Bonchev–Trinajstić information content (AvgIpc) is 2.67. The van der Waals surface area contributed by atoms with Crippen LogP contribution in [-0.2, 0) is 5.41 Å². The first-order valence-corrected chi connectivity index (χ1v) is 6.68. The standard InChI is InChI=1S/C14H24N4/c1-9-6-7-18(8-9)12-10(2)11(15)16-13(17-12)14(3,4)5/h9H,6-8H2,1-5H3,(H2,15,16,17). The molecule has 0 aliphatic carbocycles. The van der Waals surface area contributed by atoms with Crippen molar-refractivity contribution in [3.05, 3.63) is 11.4 Å². The maximum absolute atomic E-state index is 6.04. The molecule has 2 rings (SSSR count). The van der Waals surface area contributed by atoms with Crippen LogP contribution >= 0.6 is 0 Å². The second-order valence-electron chi connectivity index (χ2n) is 6.47. The smallest absolute Gasteiger partial charge is 0.138 e. The summed E-state index contributed by atoms with van der Waals surface area (Å²) in [6, 6.07) is 0. The number of nitrogens with zero attached hydrogens (tertiary/aromatic N) is 3. The van der Waals surface area contributed by atoms with Crippen molar-refractivity contribution in [2.45, 2.75) is 46.5 Å². The summed E-state index contributed by atoms with van der Waals surface area (Å²) in [5.74, 6) is 3.21. The van der Waals surface area contributed by atoms with Crippen LogP contribution in [0.3, 0.4) is 0 Å². The molecule has 2 heterocycles. The molecule has 1 fully saturated rings. The Morgan fingerprint density at radius 2 is 1.94 bits per heavy atom. The van der Waals surface area contributed by atoms with Gasteiger partial charge in [-0.3, -0.25) is 0 Å². The van der Waals surface area contributed by atoms with Gasteiger partial charge in [0.2, 0.25) is 0 Å². The third-order valence-electron chi connectivity index (χ3n) is 3.55. The lowest BCUT2D eigenvalue weighted by molar-refractivity contribution is 0.545. The Morgan fingerprint density at radius 1 is 1.28 bits per heavy atom. The molecule has 1 aliphatic rings. The van der Waals surface area contributed by atoms with Crippen LogP contribution in [0.1, 0.15) is 45.5 Å². The molecule has 0 saturated carbocycles.